The normalized spacial score (nSPS) is 13.2. The standard InChI is InChI=1S/C22H42O4/c1-5-9-13-19(7-3)17-25-21(23)15-11-12-16-22(24)26-18-20(8-4)14-10-6-2/h19-20H,5-18H2,1-4H3/i11+1,12+1,15+1,16+1,21+1,22+1. The highest BCUT2D eigenvalue weighted by atomic mass is 16.6. The minimum atomic E-state index is -0.140. The van der Waals surface area contributed by atoms with Crippen LogP contribution in [-0.4, -0.2) is 25.2 Å². The molecule has 0 radical (unpaired) electrons. The summed E-state index contributed by atoms with van der Waals surface area (Å²) in [6, 6.07) is 0. The summed E-state index contributed by atoms with van der Waals surface area (Å²) in [4.78, 5) is 23.6. The van der Waals surface area contributed by atoms with Crippen LogP contribution in [0.25, 0.3) is 0 Å². The topological polar surface area (TPSA) is 52.6 Å². The molecule has 0 saturated carbocycles. The van der Waals surface area contributed by atoms with E-state index in [0.717, 1.165) is 25.7 Å². The predicted octanol–water partition coefficient (Wildman–Crippen LogP) is 6.07. The molecule has 4 heteroatoms. The van der Waals surface area contributed by atoms with Gasteiger partial charge in [-0.3, -0.25) is 9.59 Å². The van der Waals surface area contributed by atoms with Crippen molar-refractivity contribution in [3.63, 3.8) is 0 Å². The van der Waals surface area contributed by atoms with Crippen molar-refractivity contribution in [2.24, 2.45) is 11.8 Å². The van der Waals surface area contributed by atoms with E-state index in [1.54, 1.807) is 0 Å². The zero-order chi connectivity index (χ0) is 19.6. The summed E-state index contributed by atoms with van der Waals surface area (Å²) in [6.45, 7) is 9.71. The van der Waals surface area contributed by atoms with Crippen LogP contribution in [0.1, 0.15) is 105 Å². The SMILES string of the molecule is CCCCC(CC)CO[13C](=O)[13CH2][13CH2][13CH2][13CH2][13C](=O)OCC(CC)CCCC. The van der Waals surface area contributed by atoms with Gasteiger partial charge < -0.3 is 9.47 Å². The fourth-order valence-electron chi connectivity index (χ4n) is 2.90. The van der Waals surface area contributed by atoms with E-state index in [4.69, 9.17) is 9.47 Å². The van der Waals surface area contributed by atoms with Crippen LogP contribution in [0.15, 0.2) is 0 Å². The molecule has 0 bridgehead atoms. The quantitative estimate of drug-likeness (QED) is 0.176. The van der Waals surface area contributed by atoms with Crippen molar-refractivity contribution < 1.29 is 19.1 Å². The highest BCUT2D eigenvalue weighted by molar-refractivity contribution is 5.70. The molecule has 0 heterocycles. The Morgan fingerprint density at radius 2 is 1.04 bits per heavy atom. The summed E-state index contributed by atoms with van der Waals surface area (Å²) in [6.07, 6.45) is 11.3. The van der Waals surface area contributed by atoms with Crippen molar-refractivity contribution in [1.29, 1.82) is 0 Å². The Bertz CT molecular complexity index is 320. The van der Waals surface area contributed by atoms with Crippen LogP contribution in [0.4, 0.5) is 0 Å². The van der Waals surface area contributed by atoms with Crippen molar-refractivity contribution in [3.8, 4) is 0 Å². The molecule has 4 nitrogen and oxygen atoms in total. The number of hydrogen-bond donors (Lipinski definition) is 0. The third kappa shape index (κ3) is 14.1. The molecule has 0 saturated heterocycles. The molecule has 0 aromatic carbocycles. The van der Waals surface area contributed by atoms with Crippen molar-refractivity contribution >= 4 is 11.9 Å². The van der Waals surface area contributed by atoms with E-state index >= 15 is 0 Å². The van der Waals surface area contributed by atoms with Gasteiger partial charge in [0.2, 0.25) is 0 Å². The third-order valence-corrected chi connectivity index (χ3v) is 5.06. The molecule has 0 aromatic rings. The number of carbonyl (C=O) groups is 2. The molecule has 0 aromatic heterocycles. The summed E-state index contributed by atoms with van der Waals surface area (Å²) >= 11 is 0. The minimum Gasteiger partial charge on any atom is -0.465 e. The first-order chi connectivity index (χ1) is 12.6. The van der Waals surface area contributed by atoms with Crippen molar-refractivity contribution in [2.45, 2.75) is 105 Å². The van der Waals surface area contributed by atoms with Gasteiger partial charge in [0.05, 0.1) is 13.2 Å². The maximum atomic E-state index is 11.8. The molecular weight excluding hydrogens is 334 g/mol. The molecule has 0 fully saturated rings. The van der Waals surface area contributed by atoms with E-state index < -0.39 is 0 Å². The summed E-state index contributed by atoms with van der Waals surface area (Å²) in [7, 11) is 0. The highest BCUT2D eigenvalue weighted by Crippen LogP contribution is 2.15. The van der Waals surface area contributed by atoms with Gasteiger partial charge in [0.15, 0.2) is 0 Å². The average Bonchev–Trinajstić information content (AvgIpc) is 2.65. The van der Waals surface area contributed by atoms with Gasteiger partial charge in [-0.05, 0) is 37.5 Å². The summed E-state index contributed by atoms with van der Waals surface area (Å²) in [5, 5.41) is 0. The van der Waals surface area contributed by atoms with Gasteiger partial charge in [-0.1, -0.05) is 66.2 Å². The Hall–Kier alpha value is -1.06. The van der Waals surface area contributed by atoms with Crippen LogP contribution in [0, 0.1) is 11.8 Å². The van der Waals surface area contributed by atoms with Crippen molar-refractivity contribution in [3.05, 3.63) is 0 Å². The lowest BCUT2D eigenvalue weighted by atomic mass is 10.0. The molecule has 26 heavy (non-hydrogen) atoms. The van der Waals surface area contributed by atoms with Crippen LogP contribution in [0.2, 0.25) is 0 Å². The second-order valence-electron chi connectivity index (χ2n) is 7.41. The Balaban J connectivity index is 3.73. The van der Waals surface area contributed by atoms with Crippen molar-refractivity contribution in [1.82, 2.24) is 0 Å². The summed E-state index contributed by atoms with van der Waals surface area (Å²) in [5.41, 5.74) is 0. The fraction of sp³-hybridized carbons (Fsp3) is 0.909. The van der Waals surface area contributed by atoms with Crippen LogP contribution < -0.4 is 0 Å². The molecule has 0 amide bonds. The zero-order valence-electron chi connectivity index (χ0n) is 17.7. The predicted molar refractivity (Wildman–Crippen MR) is 107 cm³/mol. The van der Waals surface area contributed by atoms with E-state index in [2.05, 4.69) is 27.7 Å². The van der Waals surface area contributed by atoms with E-state index in [0.29, 0.717) is 50.7 Å². The number of unbranched alkanes of at least 4 members (excludes halogenated alkanes) is 3. The maximum Gasteiger partial charge on any atom is 0.305 e. The van der Waals surface area contributed by atoms with Gasteiger partial charge in [0.25, 0.3) is 0 Å². The van der Waals surface area contributed by atoms with Gasteiger partial charge in [-0.15, -0.1) is 0 Å². The lowest BCUT2D eigenvalue weighted by Gasteiger charge is -2.15. The summed E-state index contributed by atoms with van der Waals surface area (Å²) < 4.78 is 10.8. The van der Waals surface area contributed by atoms with Crippen LogP contribution in [0.5, 0.6) is 0 Å². The van der Waals surface area contributed by atoms with E-state index in [1.165, 1.54) is 25.7 Å². The molecule has 0 aliphatic rings. The van der Waals surface area contributed by atoms with Gasteiger partial charge in [-0.2, -0.15) is 0 Å². The van der Waals surface area contributed by atoms with Crippen LogP contribution >= 0.6 is 0 Å². The molecule has 2 atom stereocenters. The third-order valence-electron chi connectivity index (χ3n) is 5.06. The minimum absolute atomic E-state index is 0.140. The number of hydrogen-bond acceptors (Lipinski definition) is 4. The summed E-state index contributed by atoms with van der Waals surface area (Å²) in [5.74, 6) is 0.680. The first kappa shape index (κ1) is 24.9. The molecule has 0 N–H and O–H groups in total. The van der Waals surface area contributed by atoms with Gasteiger partial charge >= 0.3 is 11.9 Å². The Labute approximate surface area is 161 Å². The number of ether oxygens (including phenoxy) is 2. The highest BCUT2D eigenvalue weighted by Gasteiger charge is 2.12. The van der Waals surface area contributed by atoms with Crippen LogP contribution in [-0.2, 0) is 19.1 Å². The second-order valence-corrected chi connectivity index (χ2v) is 7.41. The largest absolute Gasteiger partial charge is 0.465 e. The first-order valence-electron chi connectivity index (χ1n) is 10.9. The lowest BCUT2D eigenvalue weighted by molar-refractivity contribution is -0.147. The molecule has 154 valence electrons. The average molecular weight is 377 g/mol. The molecule has 2 unspecified atom stereocenters. The molecule has 0 rings (SSSR count). The van der Waals surface area contributed by atoms with Gasteiger partial charge in [-0.25, -0.2) is 0 Å². The van der Waals surface area contributed by atoms with E-state index in [-0.39, 0.29) is 11.9 Å². The Kier molecular flexibility index (Phi) is 16.7. The Morgan fingerprint density at radius 3 is 1.35 bits per heavy atom. The monoisotopic (exact) mass is 376 g/mol. The van der Waals surface area contributed by atoms with E-state index in [9.17, 15) is 9.59 Å². The number of esters is 2. The zero-order valence-corrected chi connectivity index (χ0v) is 17.7. The second kappa shape index (κ2) is 17.4. The number of rotatable bonds is 17. The molecule has 0 spiro atoms. The maximum absolute atomic E-state index is 11.8. The van der Waals surface area contributed by atoms with Gasteiger partial charge in [0, 0.05) is 12.8 Å². The van der Waals surface area contributed by atoms with Gasteiger partial charge in [0.1, 0.15) is 0 Å². The molecule has 0 aliphatic heterocycles. The molecular formula is C22H42O4. The number of carbonyl (C=O) groups excluding carboxylic acids is 2. The smallest absolute Gasteiger partial charge is 0.305 e. The Morgan fingerprint density at radius 1 is 0.654 bits per heavy atom. The first-order valence-corrected chi connectivity index (χ1v) is 10.9. The lowest BCUT2D eigenvalue weighted by Crippen LogP contribution is -2.15. The van der Waals surface area contributed by atoms with Crippen LogP contribution in [0.3, 0.4) is 0 Å². The molecule has 0 aliphatic carbocycles. The van der Waals surface area contributed by atoms with E-state index in [1.807, 2.05) is 0 Å². The fourth-order valence-corrected chi connectivity index (χ4v) is 2.90. The van der Waals surface area contributed by atoms with Crippen molar-refractivity contribution in [2.75, 3.05) is 13.2 Å².